The van der Waals surface area contributed by atoms with E-state index in [1.54, 1.807) is 12.1 Å². The zero-order chi connectivity index (χ0) is 20.1. The van der Waals surface area contributed by atoms with Crippen molar-refractivity contribution in [2.24, 2.45) is 0 Å². The van der Waals surface area contributed by atoms with Gasteiger partial charge in [-0.05, 0) is 37.1 Å². The third kappa shape index (κ3) is 4.69. The van der Waals surface area contributed by atoms with Gasteiger partial charge in [0, 0.05) is 17.8 Å². The average Bonchev–Trinajstić information content (AvgIpc) is 3.22. The molecule has 1 aliphatic carbocycles. The van der Waals surface area contributed by atoms with Gasteiger partial charge < -0.3 is 14.6 Å². The number of nitro benzene ring substituents is 1. The standard InChI is InChI=1S/C19H20ClN3O5/c20-15-9-8-13(11-16(15)23(26)27)21-18(24)12-22(14-5-2-1-3-6-14)19(25)17-7-4-10-28-17/h4,7-11,14H,1-3,5-6,12H2,(H,21,24). The number of carbonyl (C=O) groups is 2. The monoisotopic (exact) mass is 405 g/mol. The summed E-state index contributed by atoms with van der Waals surface area (Å²) in [6.07, 6.45) is 6.17. The number of anilines is 1. The lowest BCUT2D eigenvalue weighted by molar-refractivity contribution is -0.384. The predicted octanol–water partition coefficient (Wildman–Crippen LogP) is 4.25. The Morgan fingerprint density at radius 1 is 1.25 bits per heavy atom. The van der Waals surface area contributed by atoms with Crippen LogP contribution in [0.3, 0.4) is 0 Å². The predicted molar refractivity (Wildman–Crippen MR) is 103 cm³/mol. The second-order valence-corrected chi connectivity index (χ2v) is 7.08. The van der Waals surface area contributed by atoms with E-state index in [1.807, 2.05) is 0 Å². The van der Waals surface area contributed by atoms with Crippen molar-refractivity contribution >= 4 is 34.8 Å². The fraction of sp³-hybridized carbons (Fsp3) is 0.368. The number of amides is 2. The molecule has 28 heavy (non-hydrogen) atoms. The molecule has 0 bridgehead atoms. The number of benzene rings is 1. The Morgan fingerprint density at radius 3 is 2.64 bits per heavy atom. The van der Waals surface area contributed by atoms with Gasteiger partial charge >= 0.3 is 0 Å². The van der Waals surface area contributed by atoms with Crippen molar-refractivity contribution in [1.82, 2.24) is 4.90 Å². The van der Waals surface area contributed by atoms with Crippen LogP contribution in [0.5, 0.6) is 0 Å². The summed E-state index contributed by atoms with van der Waals surface area (Å²) in [7, 11) is 0. The highest BCUT2D eigenvalue weighted by Gasteiger charge is 2.29. The normalized spacial score (nSPS) is 14.5. The number of furan rings is 1. The number of nitrogens with zero attached hydrogens (tertiary/aromatic N) is 2. The molecule has 0 spiro atoms. The van der Waals surface area contributed by atoms with Crippen LogP contribution >= 0.6 is 11.6 Å². The van der Waals surface area contributed by atoms with Crippen molar-refractivity contribution in [2.45, 2.75) is 38.1 Å². The molecule has 1 aromatic carbocycles. The Balaban J connectivity index is 1.74. The molecule has 8 nitrogen and oxygen atoms in total. The van der Waals surface area contributed by atoms with Gasteiger partial charge in [-0.1, -0.05) is 30.9 Å². The van der Waals surface area contributed by atoms with Gasteiger partial charge in [0.25, 0.3) is 11.6 Å². The number of carbonyl (C=O) groups excluding carboxylic acids is 2. The van der Waals surface area contributed by atoms with Gasteiger partial charge in [0.15, 0.2) is 5.76 Å². The highest BCUT2D eigenvalue weighted by molar-refractivity contribution is 6.32. The first kappa shape index (κ1) is 19.9. The first-order chi connectivity index (χ1) is 13.5. The Kier molecular flexibility index (Phi) is 6.30. The minimum atomic E-state index is -0.618. The van der Waals surface area contributed by atoms with Crippen LogP contribution in [0.25, 0.3) is 0 Å². The molecule has 1 N–H and O–H groups in total. The van der Waals surface area contributed by atoms with Gasteiger partial charge in [-0.3, -0.25) is 19.7 Å². The van der Waals surface area contributed by atoms with Crippen molar-refractivity contribution in [3.8, 4) is 0 Å². The van der Waals surface area contributed by atoms with Crippen LogP contribution in [0.15, 0.2) is 41.0 Å². The van der Waals surface area contributed by atoms with E-state index in [2.05, 4.69) is 5.32 Å². The first-order valence-electron chi connectivity index (χ1n) is 9.04. The fourth-order valence-electron chi connectivity index (χ4n) is 3.39. The topological polar surface area (TPSA) is 106 Å². The highest BCUT2D eigenvalue weighted by atomic mass is 35.5. The molecule has 1 fully saturated rings. The molecule has 1 heterocycles. The summed E-state index contributed by atoms with van der Waals surface area (Å²) in [5.74, 6) is -0.600. The summed E-state index contributed by atoms with van der Waals surface area (Å²) < 4.78 is 5.21. The molecular weight excluding hydrogens is 386 g/mol. The Labute approximate surface area is 166 Å². The third-order valence-corrected chi connectivity index (χ3v) is 5.07. The molecule has 0 saturated heterocycles. The van der Waals surface area contributed by atoms with E-state index in [4.69, 9.17) is 16.0 Å². The third-order valence-electron chi connectivity index (χ3n) is 4.75. The smallest absolute Gasteiger partial charge is 0.290 e. The summed E-state index contributed by atoms with van der Waals surface area (Å²) >= 11 is 5.79. The maximum atomic E-state index is 12.8. The van der Waals surface area contributed by atoms with E-state index in [1.165, 1.54) is 29.4 Å². The summed E-state index contributed by atoms with van der Waals surface area (Å²) in [5.41, 5.74) is -0.0505. The van der Waals surface area contributed by atoms with Crippen LogP contribution in [0.1, 0.15) is 42.7 Å². The molecule has 0 atom stereocenters. The SMILES string of the molecule is O=C(CN(C(=O)c1ccco1)C1CCCCC1)Nc1ccc(Cl)c([N+](=O)[O-])c1. The van der Waals surface area contributed by atoms with E-state index >= 15 is 0 Å². The number of halogens is 1. The zero-order valence-corrected chi connectivity index (χ0v) is 15.9. The van der Waals surface area contributed by atoms with Crippen LogP contribution in [0, 0.1) is 10.1 Å². The Hall–Kier alpha value is -2.87. The maximum absolute atomic E-state index is 12.8. The highest BCUT2D eigenvalue weighted by Crippen LogP contribution is 2.28. The van der Waals surface area contributed by atoms with Crippen molar-refractivity contribution in [2.75, 3.05) is 11.9 Å². The molecule has 0 radical (unpaired) electrons. The summed E-state index contributed by atoms with van der Waals surface area (Å²) in [6, 6.07) is 7.17. The summed E-state index contributed by atoms with van der Waals surface area (Å²) in [5, 5.41) is 13.6. The molecule has 1 aromatic heterocycles. The van der Waals surface area contributed by atoms with Crippen molar-refractivity contribution in [1.29, 1.82) is 0 Å². The largest absolute Gasteiger partial charge is 0.459 e. The van der Waals surface area contributed by atoms with Gasteiger partial charge in [-0.15, -0.1) is 0 Å². The lowest BCUT2D eigenvalue weighted by Gasteiger charge is -2.33. The van der Waals surface area contributed by atoms with E-state index < -0.39 is 10.8 Å². The van der Waals surface area contributed by atoms with Crippen molar-refractivity contribution in [3.63, 3.8) is 0 Å². The maximum Gasteiger partial charge on any atom is 0.290 e. The van der Waals surface area contributed by atoms with Crippen LogP contribution in [0.4, 0.5) is 11.4 Å². The molecule has 2 amide bonds. The van der Waals surface area contributed by atoms with Gasteiger partial charge in [0.05, 0.1) is 11.2 Å². The second-order valence-electron chi connectivity index (χ2n) is 6.67. The minimum Gasteiger partial charge on any atom is -0.459 e. The molecule has 0 unspecified atom stereocenters. The molecular formula is C19H20ClN3O5. The number of nitrogens with one attached hydrogen (secondary N) is 1. The Morgan fingerprint density at radius 2 is 2.00 bits per heavy atom. The lowest BCUT2D eigenvalue weighted by Crippen LogP contribution is -2.45. The van der Waals surface area contributed by atoms with Gasteiger partial charge in [-0.2, -0.15) is 0 Å². The van der Waals surface area contributed by atoms with E-state index in [-0.39, 0.29) is 40.7 Å². The quantitative estimate of drug-likeness (QED) is 0.571. The van der Waals surface area contributed by atoms with Crippen LogP contribution in [0.2, 0.25) is 5.02 Å². The van der Waals surface area contributed by atoms with Gasteiger partial charge in [0.2, 0.25) is 5.91 Å². The number of hydrogen-bond donors (Lipinski definition) is 1. The fourth-order valence-corrected chi connectivity index (χ4v) is 3.57. The molecule has 1 saturated carbocycles. The molecule has 0 aliphatic heterocycles. The molecule has 148 valence electrons. The number of rotatable bonds is 6. The van der Waals surface area contributed by atoms with Crippen molar-refractivity contribution in [3.05, 3.63) is 57.5 Å². The van der Waals surface area contributed by atoms with Crippen LogP contribution < -0.4 is 5.32 Å². The second kappa shape index (κ2) is 8.88. The minimum absolute atomic E-state index is 0.0140. The van der Waals surface area contributed by atoms with E-state index in [0.29, 0.717) is 0 Å². The lowest BCUT2D eigenvalue weighted by atomic mass is 9.94. The first-order valence-corrected chi connectivity index (χ1v) is 9.42. The van der Waals surface area contributed by atoms with E-state index in [9.17, 15) is 19.7 Å². The zero-order valence-electron chi connectivity index (χ0n) is 15.1. The van der Waals surface area contributed by atoms with E-state index in [0.717, 1.165) is 32.1 Å². The molecule has 1 aliphatic rings. The number of nitro groups is 1. The van der Waals surface area contributed by atoms with Crippen LogP contribution in [-0.4, -0.2) is 34.2 Å². The van der Waals surface area contributed by atoms with Gasteiger partial charge in [0.1, 0.15) is 11.6 Å². The van der Waals surface area contributed by atoms with Gasteiger partial charge in [-0.25, -0.2) is 0 Å². The number of hydrogen-bond acceptors (Lipinski definition) is 5. The van der Waals surface area contributed by atoms with Crippen molar-refractivity contribution < 1.29 is 18.9 Å². The molecule has 9 heteroatoms. The summed E-state index contributed by atoms with van der Waals surface area (Å²) in [4.78, 5) is 37.3. The molecule has 3 rings (SSSR count). The summed E-state index contributed by atoms with van der Waals surface area (Å²) in [6.45, 7) is -0.166. The molecule has 2 aromatic rings. The Bertz CT molecular complexity index is 862. The average molecular weight is 406 g/mol. The van der Waals surface area contributed by atoms with Crippen LogP contribution in [-0.2, 0) is 4.79 Å².